The number of ether oxygens (including phenoxy) is 7. The number of rotatable bonds is 9. The third kappa shape index (κ3) is 7.20. The van der Waals surface area contributed by atoms with Gasteiger partial charge in [0.2, 0.25) is 6.10 Å². The van der Waals surface area contributed by atoms with Crippen LogP contribution in [-0.4, -0.2) is 69.1 Å². The highest BCUT2D eigenvalue weighted by atomic mass is 16.8. The van der Waals surface area contributed by atoms with Crippen molar-refractivity contribution in [2.24, 2.45) is 5.73 Å². The lowest BCUT2D eigenvalue weighted by atomic mass is 10.1. The van der Waals surface area contributed by atoms with Gasteiger partial charge >= 0.3 is 24.7 Å². The number of pyridine rings is 1. The van der Waals surface area contributed by atoms with Gasteiger partial charge in [-0.15, -0.1) is 0 Å². The molecule has 2 heterocycles. The van der Waals surface area contributed by atoms with E-state index in [0.29, 0.717) is 0 Å². The minimum atomic E-state index is -1.27. The van der Waals surface area contributed by atoms with Crippen LogP contribution in [0.2, 0.25) is 0 Å². The van der Waals surface area contributed by atoms with Crippen LogP contribution < -0.4 is 10.3 Å². The molecule has 1 saturated heterocycles. The van der Waals surface area contributed by atoms with Crippen molar-refractivity contribution in [3.8, 4) is 0 Å². The van der Waals surface area contributed by atoms with Crippen molar-refractivity contribution in [2.75, 3.05) is 26.4 Å². The van der Waals surface area contributed by atoms with Gasteiger partial charge in [-0.25, -0.2) is 14.4 Å². The fourth-order valence-corrected chi connectivity index (χ4v) is 2.98. The third-order valence-electron chi connectivity index (χ3n) is 4.30. The van der Waals surface area contributed by atoms with Gasteiger partial charge in [0.15, 0.2) is 18.5 Å². The molecule has 1 aliphatic rings. The van der Waals surface area contributed by atoms with Crippen LogP contribution in [0.3, 0.4) is 0 Å². The van der Waals surface area contributed by atoms with Crippen LogP contribution in [0.5, 0.6) is 0 Å². The molecule has 0 spiro atoms. The molecule has 13 nitrogen and oxygen atoms in total. The first-order chi connectivity index (χ1) is 15.8. The summed E-state index contributed by atoms with van der Waals surface area (Å²) in [6.07, 6.45) is -4.91. The summed E-state index contributed by atoms with van der Waals surface area (Å²) in [6, 6.07) is 3.00. The molecule has 1 fully saturated rings. The molecule has 13 heteroatoms. The number of carbonyl (C=O) groups is 4. The van der Waals surface area contributed by atoms with Gasteiger partial charge in [-0.2, -0.15) is 4.57 Å². The van der Waals surface area contributed by atoms with Gasteiger partial charge in [-0.1, -0.05) is 0 Å². The molecule has 0 unspecified atom stereocenters. The predicted octanol–water partition coefficient (Wildman–Crippen LogP) is 1.23. The quantitative estimate of drug-likeness (QED) is 0.313. The highest BCUT2D eigenvalue weighted by Gasteiger charge is 2.55. The largest absolute Gasteiger partial charge is 0.509 e. The molecule has 33 heavy (non-hydrogen) atoms. The van der Waals surface area contributed by atoms with E-state index in [2.05, 4.69) is 0 Å². The van der Waals surface area contributed by atoms with Crippen LogP contribution in [0.1, 0.15) is 37.4 Å². The molecule has 4 atom stereocenters. The van der Waals surface area contributed by atoms with E-state index in [1.54, 1.807) is 20.8 Å². The smallest absolute Gasteiger partial charge is 0.435 e. The fourth-order valence-electron chi connectivity index (χ4n) is 2.98. The standard InChI is InChI=1S/C20H26N2O11/c1-4-27-18(24)30-11-13-14(32-19(25)28-5-2)15(33-20(26)29-6-3)17(31-13)22-9-7-8-12(10-22)16(21)23/h7-10,13-15,17H,4-6,11H2,1-3H3,(H-,21,23)/p+1/t13-,14-,15-,17-/m1/s1. The second kappa shape index (κ2) is 12.4. The van der Waals surface area contributed by atoms with Gasteiger partial charge < -0.3 is 38.9 Å². The summed E-state index contributed by atoms with van der Waals surface area (Å²) in [5.41, 5.74) is 5.49. The molecule has 0 aliphatic carbocycles. The lowest BCUT2D eigenvalue weighted by molar-refractivity contribution is -0.765. The highest BCUT2D eigenvalue weighted by Crippen LogP contribution is 2.32. The average Bonchev–Trinajstić information content (AvgIpc) is 3.09. The fraction of sp³-hybridized carbons (Fsp3) is 0.550. The van der Waals surface area contributed by atoms with E-state index in [-0.39, 0.29) is 25.4 Å². The van der Waals surface area contributed by atoms with E-state index in [1.807, 2.05) is 0 Å². The van der Waals surface area contributed by atoms with Crippen LogP contribution in [-0.2, 0) is 33.2 Å². The summed E-state index contributed by atoms with van der Waals surface area (Å²) in [7, 11) is 0. The molecule has 1 aliphatic heterocycles. The Morgan fingerprint density at radius 2 is 1.48 bits per heavy atom. The minimum absolute atomic E-state index is 0.0264. The molecule has 1 amide bonds. The van der Waals surface area contributed by atoms with Gasteiger partial charge in [0.1, 0.15) is 18.3 Å². The number of amides is 1. The maximum Gasteiger partial charge on any atom is 0.509 e. The van der Waals surface area contributed by atoms with E-state index < -0.39 is 55.5 Å². The Morgan fingerprint density at radius 3 is 2.06 bits per heavy atom. The molecule has 2 N–H and O–H groups in total. The van der Waals surface area contributed by atoms with Gasteiger partial charge in [0.25, 0.3) is 5.91 Å². The second-order valence-electron chi connectivity index (χ2n) is 6.49. The topological polar surface area (TPSA) is 163 Å². The maximum atomic E-state index is 12.1. The number of hydrogen-bond acceptors (Lipinski definition) is 11. The van der Waals surface area contributed by atoms with Crippen molar-refractivity contribution < 1.29 is 56.9 Å². The molecule has 1 aromatic heterocycles. The number of hydrogen-bond donors (Lipinski definition) is 1. The Labute approximate surface area is 189 Å². The first-order valence-corrected chi connectivity index (χ1v) is 10.2. The molecule has 0 saturated carbocycles. The van der Waals surface area contributed by atoms with Crippen LogP contribution in [0, 0.1) is 0 Å². The van der Waals surface area contributed by atoms with Crippen LogP contribution in [0.25, 0.3) is 0 Å². The second-order valence-corrected chi connectivity index (χ2v) is 6.49. The molecule has 0 aromatic carbocycles. The zero-order valence-electron chi connectivity index (χ0n) is 18.5. The molecule has 0 radical (unpaired) electrons. The van der Waals surface area contributed by atoms with Gasteiger partial charge in [-0.3, -0.25) is 4.79 Å². The summed E-state index contributed by atoms with van der Waals surface area (Å²) in [6.45, 7) is 4.49. The number of carbonyl (C=O) groups excluding carboxylic acids is 4. The normalized spacial score (nSPS) is 21.5. The minimum Gasteiger partial charge on any atom is -0.435 e. The number of aromatic nitrogens is 1. The Hall–Kier alpha value is -3.61. The summed E-state index contributed by atoms with van der Waals surface area (Å²) in [5.74, 6) is -0.702. The Balaban J connectivity index is 2.38. The summed E-state index contributed by atoms with van der Waals surface area (Å²) in [4.78, 5) is 47.4. The third-order valence-corrected chi connectivity index (χ3v) is 4.30. The molecule has 0 bridgehead atoms. The van der Waals surface area contributed by atoms with Crippen molar-refractivity contribution in [3.63, 3.8) is 0 Å². The van der Waals surface area contributed by atoms with E-state index in [9.17, 15) is 19.2 Å². The zero-order chi connectivity index (χ0) is 24.4. The summed E-state index contributed by atoms with van der Waals surface area (Å²) >= 11 is 0. The highest BCUT2D eigenvalue weighted by molar-refractivity contribution is 5.92. The Kier molecular flexibility index (Phi) is 9.66. The van der Waals surface area contributed by atoms with Crippen molar-refractivity contribution >= 4 is 24.4 Å². The molecule has 1 aromatic rings. The first kappa shape index (κ1) is 25.6. The Bertz CT molecular complexity index is 847. The van der Waals surface area contributed by atoms with Crippen molar-refractivity contribution in [1.82, 2.24) is 0 Å². The van der Waals surface area contributed by atoms with Crippen LogP contribution >= 0.6 is 0 Å². The first-order valence-electron chi connectivity index (χ1n) is 10.2. The number of nitrogens with two attached hydrogens (primary N) is 1. The predicted molar refractivity (Wildman–Crippen MR) is 106 cm³/mol. The van der Waals surface area contributed by atoms with E-state index in [4.69, 9.17) is 38.9 Å². The van der Waals surface area contributed by atoms with Crippen molar-refractivity contribution in [2.45, 2.75) is 45.3 Å². The monoisotopic (exact) mass is 471 g/mol. The average molecular weight is 471 g/mol. The van der Waals surface area contributed by atoms with E-state index in [0.717, 1.165) is 0 Å². The van der Waals surface area contributed by atoms with Crippen LogP contribution in [0.4, 0.5) is 14.4 Å². The summed E-state index contributed by atoms with van der Waals surface area (Å²) < 4.78 is 37.4. The SMILES string of the molecule is CCOC(=O)OC[C@H]1O[C@@H]([n+]2cccc(C(N)=O)c2)[C@H](OC(=O)OCC)[C@@H]1OC(=O)OCC. The molecule has 2 rings (SSSR count). The van der Waals surface area contributed by atoms with Crippen molar-refractivity contribution in [1.29, 1.82) is 0 Å². The lowest BCUT2D eigenvalue weighted by Gasteiger charge is -2.21. The lowest BCUT2D eigenvalue weighted by Crippen LogP contribution is -2.49. The number of nitrogens with zero attached hydrogens (tertiary/aromatic N) is 1. The molecular weight excluding hydrogens is 444 g/mol. The van der Waals surface area contributed by atoms with Crippen LogP contribution in [0.15, 0.2) is 24.5 Å². The summed E-state index contributed by atoms with van der Waals surface area (Å²) in [5, 5.41) is 0. The zero-order valence-corrected chi connectivity index (χ0v) is 18.5. The van der Waals surface area contributed by atoms with Crippen molar-refractivity contribution in [3.05, 3.63) is 30.1 Å². The maximum absolute atomic E-state index is 12.1. The molecular formula is C20H27N2O11+. The van der Waals surface area contributed by atoms with Gasteiger partial charge in [0.05, 0.1) is 19.8 Å². The Morgan fingerprint density at radius 1 is 0.909 bits per heavy atom. The molecule has 182 valence electrons. The van der Waals surface area contributed by atoms with Gasteiger partial charge in [0, 0.05) is 6.07 Å². The van der Waals surface area contributed by atoms with E-state index >= 15 is 0 Å². The van der Waals surface area contributed by atoms with E-state index in [1.165, 1.54) is 29.1 Å². The number of primary amides is 1. The van der Waals surface area contributed by atoms with Gasteiger partial charge in [-0.05, 0) is 26.8 Å².